The number of aromatic hydroxyl groups is 1. The number of rotatable bonds is 2. The predicted molar refractivity (Wildman–Crippen MR) is 79.0 cm³/mol. The Morgan fingerprint density at radius 3 is 2.38 bits per heavy atom. The normalized spacial score (nSPS) is 10.2. The molecule has 1 N–H and O–H groups in total. The second-order valence-corrected chi connectivity index (χ2v) is 4.71. The first kappa shape index (κ1) is 15.1. The zero-order valence-corrected chi connectivity index (χ0v) is 12.5. The Morgan fingerprint density at radius 1 is 1.00 bits per heavy atom. The van der Waals surface area contributed by atoms with E-state index in [1.807, 2.05) is 37.3 Å². The van der Waals surface area contributed by atoms with Gasteiger partial charge in [-0.2, -0.15) is 0 Å². The highest BCUT2D eigenvalue weighted by Gasteiger charge is 2.19. The summed E-state index contributed by atoms with van der Waals surface area (Å²) in [5, 5.41) is 10.4. The van der Waals surface area contributed by atoms with E-state index < -0.39 is 0 Å². The average Bonchev–Trinajstić information content (AvgIpc) is 2.46. The van der Waals surface area contributed by atoms with Crippen LogP contribution in [-0.4, -0.2) is 12.2 Å². The summed E-state index contributed by atoms with van der Waals surface area (Å²) in [4.78, 5) is 0. The van der Waals surface area contributed by atoms with Crippen molar-refractivity contribution in [3.63, 3.8) is 0 Å². The van der Waals surface area contributed by atoms with Crippen molar-refractivity contribution in [2.45, 2.75) is 6.92 Å². The van der Waals surface area contributed by atoms with E-state index in [0.717, 1.165) is 33.6 Å². The lowest BCUT2D eigenvalue weighted by molar-refractivity contribution is -0.00000583. The van der Waals surface area contributed by atoms with Gasteiger partial charge in [-0.15, -0.1) is 0 Å². The number of methoxy groups -OCH3 is 1. The molecule has 0 unspecified atom stereocenters. The van der Waals surface area contributed by atoms with Crippen LogP contribution in [0.25, 0.3) is 22.3 Å². The Hall–Kier alpha value is -2.26. The quantitative estimate of drug-likeness (QED) is 0.728. The van der Waals surface area contributed by atoms with Crippen LogP contribution in [0, 0.1) is 6.92 Å². The smallest absolute Gasteiger partial charge is 0.363 e. The number of halogens is 1. The summed E-state index contributed by atoms with van der Waals surface area (Å²) < 4.78 is 11.1. The summed E-state index contributed by atoms with van der Waals surface area (Å²) in [5.41, 5.74) is 2.77. The highest BCUT2D eigenvalue weighted by atomic mass is 35.5. The molecule has 4 heteroatoms. The third-order valence-electron chi connectivity index (χ3n) is 3.29. The second-order valence-electron chi connectivity index (χ2n) is 4.71. The lowest BCUT2D eigenvalue weighted by atomic mass is 10.1. The molecule has 21 heavy (non-hydrogen) atoms. The van der Waals surface area contributed by atoms with E-state index in [4.69, 9.17) is 9.15 Å². The lowest BCUT2D eigenvalue weighted by Crippen LogP contribution is -3.00. The van der Waals surface area contributed by atoms with Gasteiger partial charge in [0.15, 0.2) is 0 Å². The first-order chi connectivity index (χ1) is 9.67. The van der Waals surface area contributed by atoms with Gasteiger partial charge < -0.3 is 22.3 Å². The molecule has 0 saturated carbocycles. The SMILES string of the molecule is COc1ccc(-c2[o+]c3ccc(O)cc3cc2C)cc1.[Cl-]. The van der Waals surface area contributed by atoms with Crippen LogP contribution in [0.4, 0.5) is 0 Å². The average molecular weight is 303 g/mol. The Balaban J connectivity index is 0.00000161. The zero-order valence-electron chi connectivity index (χ0n) is 11.8. The first-order valence-electron chi connectivity index (χ1n) is 6.38. The molecule has 1 aromatic heterocycles. The minimum atomic E-state index is 0. The largest absolute Gasteiger partial charge is 1.00 e. The molecular weight excluding hydrogens is 288 g/mol. The van der Waals surface area contributed by atoms with Crippen molar-refractivity contribution in [2.24, 2.45) is 0 Å². The molecule has 0 spiro atoms. The number of benzene rings is 2. The van der Waals surface area contributed by atoms with Crippen LogP contribution in [0.15, 0.2) is 52.9 Å². The molecule has 0 aliphatic carbocycles. The van der Waals surface area contributed by atoms with E-state index in [9.17, 15) is 5.11 Å². The second kappa shape index (κ2) is 6.02. The van der Waals surface area contributed by atoms with Crippen LogP contribution < -0.4 is 17.1 Å². The summed E-state index contributed by atoms with van der Waals surface area (Å²) in [6.07, 6.45) is 0. The topological polar surface area (TPSA) is 40.8 Å². The van der Waals surface area contributed by atoms with Crippen molar-refractivity contribution in [1.29, 1.82) is 0 Å². The fourth-order valence-electron chi connectivity index (χ4n) is 2.26. The third kappa shape index (κ3) is 2.93. The number of hydrogen-bond acceptors (Lipinski definition) is 2. The summed E-state index contributed by atoms with van der Waals surface area (Å²) >= 11 is 0. The van der Waals surface area contributed by atoms with Crippen molar-refractivity contribution in [2.75, 3.05) is 7.11 Å². The van der Waals surface area contributed by atoms with E-state index in [2.05, 4.69) is 0 Å². The standard InChI is InChI=1S/C17H14O3.ClH/c1-11-9-13-10-14(18)5-8-16(13)20-17(11)12-3-6-15(19-2)7-4-12;/h3-10H,1-2H3;1H. The predicted octanol–water partition coefficient (Wildman–Crippen LogP) is 1.41. The van der Waals surface area contributed by atoms with E-state index in [1.165, 1.54) is 0 Å². The molecule has 0 bridgehead atoms. The maximum atomic E-state index is 9.51. The van der Waals surface area contributed by atoms with Crippen molar-refractivity contribution in [3.05, 3.63) is 54.1 Å². The van der Waals surface area contributed by atoms with E-state index in [1.54, 1.807) is 25.3 Å². The van der Waals surface area contributed by atoms with E-state index >= 15 is 0 Å². The van der Waals surface area contributed by atoms with Gasteiger partial charge in [-0.3, -0.25) is 0 Å². The Bertz CT molecular complexity index is 767. The Labute approximate surface area is 129 Å². The summed E-state index contributed by atoms with van der Waals surface area (Å²) in [6.45, 7) is 1.99. The molecule has 0 radical (unpaired) electrons. The molecule has 108 valence electrons. The van der Waals surface area contributed by atoms with Gasteiger partial charge in [-0.05, 0) is 49.4 Å². The molecule has 0 atom stereocenters. The first-order valence-corrected chi connectivity index (χ1v) is 6.38. The van der Waals surface area contributed by atoms with E-state index in [-0.39, 0.29) is 18.2 Å². The summed E-state index contributed by atoms with van der Waals surface area (Å²) in [6, 6.07) is 14.9. The van der Waals surface area contributed by atoms with Gasteiger partial charge >= 0.3 is 11.3 Å². The van der Waals surface area contributed by atoms with Gasteiger partial charge in [0.2, 0.25) is 0 Å². The maximum Gasteiger partial charge on any atom is 0.363 e. The molecule has 0 fully saturated rings. The molecule has 3 rings (SSSR count). The van der Waals surface area contributed by atoms with Crippen LogP contribution in [0.1, 0.15) is 5.56 Å². The molecule has 0 amide bonds. The highest BCUT2D eigenvalue weighted by molar-refractivity contribution is 5.81. The van der Waals surface area contributed by atoms with Gasteiger partial charge in [0, 0.05) is 6.07 Å². The summed E-state index contributed by atoms with van der Waals surface area (Å²) in [5.74, 6) is 1.88. The maximum absolute atomic E-state index is 9.51. The number of aryl methyl sites for hydroxylation is 1. The van der Waals surface area contributed by atoms with Gasteiger partial charge in [-0.1, -0.05) is 0 Å². The molecule has 3 aromatic rings. The van der Waals surface area contributed by atoms with Crippen molar-refractivity contribution in [3.8, 4) is 22.8 Å². The molecule has 1 heterocycles. The molecule has 2 aromatic carbocycles. The monoisotopic (exact) mass is 302 g/mol. The minimum Gasteiger partial charge on any atom is -1.00 e. The molecular formula is C17H15ClO3. The van der Waals surface area contributed by atoms with Crippen molar-refractivity contribution >= 4 is 11.0 Å². The van der Waals surface area contributed by atoms with Crippen LogP contribution >= 0.6 is 0 Å². The number of phenolic OH excluding ortho intramolecular Hbond substituents is 1. The Kier molecular flexibility index (Phi) is 4.34. The highest BCUT2D eigenvalue weighted by Crippen LogP contribution is 2.30. The fourth-order valence-corrected chi connectivity index (χ4v) is 2.26. The van der Waals surface area contributed by atoms with Gasteiger partial charge in [0.25, 0.3) is 0 Å². The van der Waals surface area contributed by atoms with Crippen molar-refractivity contribution < 1.29 is 26.7 Å². The van der Waals surface area contributed by atoms with Gasteiger partial charge in [-0.25, -0.2) is 4.42 Å². The van der Waals surface area contributed by atoms with Crippen LogP contribution in [0.2, 0.25) is 0 Å². The molecule has 0 aliphatic heterocycles. The number of phenols is 1. The van der Waals surface area contributed by atoms with Crippen LogP contribution in [0.5, 0.6) is 11.5 Å². The van der Waals surface area contributed by atoms with Crippen LogP contribution in [0.3, 0.4) is 0 Å². The third-order valence-corrected chi connectivity index (χ3v) is 3.29. The number of ether oxygens (including phenoxy) is 1. The number of hydrogen-bond donors (Lipinski definition) is 1. The van der Waals surface area contributed by atoms with Crippen LogP contribution in [-0.2, 0) is 0 Å². The number of fused-ring (bicyclic) bond motifs is 1. The summed E-state index contributed by atoms with van der Waals surface area (Å²) in [7, 11) is 1.65. The molecule has 3 nitrogen and oxygen atoms in total. The minimum absolute atomic E-state index is 0. The van der Waals surface area contributed by atoms with E-state index in [0.29, 0.717) is 0 Å². The van der Waals surface area contributed by atoms with Gasteiger partial charge in [0.1, 0.15) is 11.5 Å². The molecule has 0 saturated heterocycles. The van der Waals surface area contributed by atoms with Gasteiger partial charge in [0.05, 0.1) is 23.6 Å². The zero-order chi connectivity index (χ0) is 14.1. The Morgan fingerprint density at radius 2 is 1.71 bits per heavy atom. The fraction of sp³-hybridized carbons (Fsp3) is 0.118. The lowest BCUT2D eigenvalue weighted by Gasteiger charge is -2.00. The van der Waals surface area contributed by atoms with Crippen molar-refractivity contribution in [1.82, 2.24) is 0 Å². The molecule has 0 aliphatic rings.